The highest BCUT2D eigenvalue weighted by Gasteiger charge is 2.07. The quantitative estimate of drug-likeness (QED) is 0.609. The van der Waals surface area contributed by atoms with E-state index in [2.05, 4.69) is 42.5 Å². The van der Waals surface area contributed by atoms with Crippen LogP contribution in [0, 0.1) is 6.92 Å². The molecule has 61 valence electrons. The third kappa shape index (κ3) is 1.33. The fourth-order valence-electron chi connectivity index (χ4n) is 1.25. The fraction of sp³-hybridized carbons (Fsp3) is 0.300. The van der Waals surface area contributed by atoms with Gasteiger partial charge in [0.25, 0.3) is 0 Å². The van der Waals surface area contributed by atoms with Crippen molar-refractivity contribution in [1.29, 1.82) is 0 Å². The van der Waals surface area contributed by atoms with E-state index in [-0.39, 0.29) is 0 Å². The van der Waals surface area contributed by atoms with Gasteiger partial charge in [0.1, 0.15) is 0 Å². The van der Waals surface area contributed by atoms with Gasteiger partial charge in [0.05, 0.1) is 6.54 Å². The van der Waals surface area contributed by atoms with Crippen LogP contribution >= 0.6 is 0 Å². The lowest BCUT2D eigenvalue weighted by atomic mass is 10.2. The molecule has 1 heterocycles. The van der Waals surface area contributed by atoms with Crippen molar-refractivity contribution in [3.8, 4) is 0 Å². The third-order valence-electron chi connectivity index (χ3n) is 1.97. The Morgan fingerprint density at radius 2 is 2.08 bits per heavy atom. The topological polar surface area (TPSA) is 15.6 Å². The number of anilines is 1. The predicted molar refractivity (Wildman–Crippen MR) is 50.8 cm³/mol. The maximum absolute atomic E-state index is 4.04. The second-order valence-corrected chi connectivity index (χ2v) is 2.97. The molecule has 1 aromatic carbocycles. The van der Waals surface area contributed by atoms with Crippen LogP contribution < -0.4 is 4.90 Å². The van der Waals surface area contributed by atoms with Crippen LogP contribution in [0.4, 0.5) is 5.69 Å². The van der Waals surface area contributed by atoms with Crippen molar-refractivity contribution in [2.45, 2.75) is 6.92 Å². The van der Waals surface area contributed by atoms with Crippen molar-refractivity contribution in [1.82, 2.24) is 0 Å². The van der Waals surface area contributed by atoms with Crippen LogP contribution in [0.3, 0.4) is 0 Å². The van der Waals surface area contributed by atoms with Crippen LogP contribution in [0.2, 0.25) is 0 Å². The summed E-state index contributed by atoms with van der Waals surface area (Å²) in [4.78, 5) is 6.08. The molecule has 2 heteroatoms. The van der Waals surface area contributed by atoms with E-state index in [0.717, 1.165) is 13.1 Å². The molecule has 1 aromatic rings. The Bertz CT molecular complexity index is 287. The van der Waals surface area contributed by atoms with E-state index in [9.17, 15) is 0 Å². The number of aliphatic imine (C=N–C) groups is 1. The van der Waals surface area contributed by atoms with Gasteiger partial charge in [-0.05, 0) is 19.1 Å². The molecule has 2 rings (SSSR count). The smallest absolute Gasteiger partial charge is 0.171 e. The molecule has 0 aliphatic carbocycles. The maximum Gasteiger partial charge on any atom is 0.171 e. The normalized spacial score (nSPS) is 15.6. The monoisotopic (exact) mass is 159 g/mol. The SMILES string of the molecule is Cc1ccc(N2[C]=NCC2)cc1. The van der Waals surface area contributed by atoms with Gasteiger partial charge in [-0.1, -0.05) is 17.7 Å². The number of hydrogen-bond donors (Lipinski definition) is 0. The van der Waals surface area contributed by atoms with Gasteiger partial charge in [0, 0.05) is 12.2 Å². The summed E-state index contributed by atoms with van der Waals surface area (Å²) in [5, 5.41) is 0. The van der Waals surface area contributed by atoms with E-state index in [1.807, 2.05) is 4.90 Å². The molecule has 0 unspecified atom stereocenters. The zero-order valence-corrected chi connectivity index (χ0v) is 7.12. The van der Waals surface area contributed by atoms with E-state index in [4.69, 9.17) is 0 Å². The number of benzene rings is 1. The summed E-state index contributed by atoms with van der Waals surface area (Å²) in [6, 6.07) is 8.41. The summed E-state index contributed by atoms with van der Waals surface area (Å²) in [5.74, 6) is 0. The first-order valence-electron chi connectivity index (χ1n) is 4.12. The Labute approximate surface area is 72.5 Å². The number of hydrogen-bond acceptors (Lipinski definition) is 2. The number of nitrogens with zero attached hydrogens (tertiary/aromatic N) is 2. The van der Waals surface area contributed by atoms with Crippen molar-refractivity contribution in [2.75, 3.05) is 18.0 Å². The van der Waals surface area contributed by atoms with Gasteiger partial charge in [-0.2, -0.15) is 0 Å². The Morgan fingerprint density at radius 3 is 2.67 bits per heavy atom. The van der Waals surface area contributed by atoms with Crippen LogP contribution in [-0.4, -0.2) is 19.4 Å². The van der Waals surface area contributed by atoms with Gasteiger partial charge in [0.15, 0.2) is 6.34 Å². The molecule has 1 radical (unpaired) electrons. The van der Waals surface area contributed by atoms with E-state index >= 15 is 0 Å². The molecule has 0 bridgehead atoms. The molecule has 2 nitrogen and oxygen atoms in total. The molecule has 1 aliphatic rings. The Hall–Kier alpha value is -1.31. The molecule has 0 aromatic heterocycles. The standard InChI is InChI=1S/C10H11N2/c1-9-2-4-10(5-3-9)12-7-6-11-8-12/h2-5H,6-7H2,1H3. The highest BCUT2D eigenvalue weighted by Crippen LogP contribution is 2.14. The van der Waals surface area contributed by atoms with Crippen LogP contribution in [0.15, 0.2) is 29.3 Å². The minimum Gasteiger partial charge on any atom is -0.322 e. The molecule has 0 saturated heterocycles. The van der Waals surface area contributed by atoms with Gasteiger partial charge in [-0.25, -0.2) is 0 Å². The van der Waals surface area contributed by atoms with E-state index in [0.29, 0.717) is 0 Å². The molecule has 12 heavy (non-hydrogen) atoms. The van der Waals surface area contributed by atoms with Crippen LogP contribution in [0.1, 0.15) is 5.56 Å². The Kier molecular flexibility index (Phi) is 1.82. The van der Waals surface area contributed by atoms with E-state index in [1.165, 1.54) is 11.3 Å². The lowest BCUT2D eigenvalue weighted by Crippen LogP contribution is -2.17. The third-order valence-corrected chi connectivity index (χ3v) is 1.97. The zero-order chi connectivity index (χ0) is 8.39. The van der Waals surface area contributed by atoms with E-state index in [1.54, 1.807) is 0 Å². The molecule has 0 N–H and O–H groups in total. The summed E-state index contributed by atoms with van der Waals surface area (Å²) >= 11 is 0. The maximum atomic E-state index is 4.04. The molecule has 0 fully saturated rings. The average molecular weight is 159 g/mol. The minimum atomic E-state index is 0.869. The van der Waals surface area contributed by atoms with Crippen LogP contribution in [0.25, 0.3) is 0 Å². The lowest BCUT2D eigenvalue weighted by Gasteiger charge is -2.12. The molecule has 0 atom stereocenters. The summed E-state index contributed by atoms with van der Waals surface area (Å²) in [7, 11) is 0. The van der Waals surface area contributed by atoms with Gasteiger partial charge < -0.3 is 4.90 Å². The second-order valence-electron chi connectivity index (χ2n) is 2.97. The molecule has 1 aliphatic heterocycles. The van der Waals surface area contributed by atoms with E-state index < -0.39 is 0 Å². The lowest BCUT2D eigenvalue weighted by molar-refractivity contribution is 1.02. The second kappa shape index (κ2) is 2.97. The summed E-state index contributed by atoms with van der Waals surface area (Å²) < 4.78 is 0. The Morgan fingerprint density at radius 1 is 1.33 bits per heavy atom. The first-order valence-corrected chi connectivity index (χ1v) is 4.12. The predicted octanol–water partition coefficient (Wildman–Crippen LogP) is 1.72. The van der Waals surface area contributed by atoms with Crippen molar-refractivity contribution in [2.24, 2.45) is 4.99 Å². The highest BCUT2D eigenvalue weighted by atomic mass is 15.2. The fourth-order valence-corrected chi connectivity index (χ4v) is 1.25. The van der Waals surface area contributed by atoms with Crippen molar-refractivity contribution in [3.63, 3.8) is 0 Å². The summed E-state index contributed by atoms with van der Waals surface area (Å²) in [6.45, 7) is 3.92. The van der Waals surface area contributed by atoms with Crippen molar-refractivity contribution >= 4 is 12.0 Å². The van der Waals surface area contributed by atoms with Crippen LogP contribution in [-0.2, 0) is 0 Å². The van der Waals surface area contributed by atoms with Gasteiger partial charge in [-0.3, -0.25) is 4.99 Å². The summed E-state index contributed by atoms with van der Waals surface area (Å²) in [5.41, 5.74) is 2.47. The highest BCUT2D eigenvalue weighted by molar-refractivity contribution is 5.80. The van der Waals surface area contributed by atoms with Crippen molar-refractivity contribution < 1.29 is 0 Å². The molecule has 0 saturated carbocycles. The largest absolute Gasteiger partial charge is 0.322 e. The zero-order valence-electron chi connectivity index (χ0n) is 7.12. The Balaban J connectivity index is 2.23. The minimum absolute atomic E-state index is 0.869. The molecule has 0 amide bonds. The first kappa shape index (κ1) is 7.35. The average Bonchev–Trinajstić information content (AvgIpc) is 2.58. The molecule has 0 spiro atoms. The molecular weight excluding hydrogens is 148 g/mol. The first-order chi connectivity index (χ1) is 5.86. The number of rotatable bonds is 1. The van der Waals surface area contributed by atoms with Gasteiger partial charge >= 0.3 is 0 Å². The van der Waals surface area contributed by atoms with Crippen LogP contribution in [0.5, 0.6) is 0 Å². The number of aryl methyl sites for hydroxylation is 1. The summed E-state index contributed by atoms with van der Waals surface area (Å²) in [6.07, 6.45) is 2.95. The molecular formula is C10H11N2. The van der Waals surface area contributed by atoms with Gasteiger partial charge in [0.2, 0.25) is 0 Å². The van der Waals surface area contributed by atoms with Crippen molar-refractivity contribution in [3.05, 3.63) is 29.8 Å². The van der Waals surface area contributed by atoms with Gasteiger partial charge in [-0.15, -0.1) is 0 Å².